The van der Waals surface area contributed by atoms with Crippen molar-refractivity contribution < 1.29 is 0 Å². The van der Waals surface area contributed by atoms with Crippen molar-refractivity contribution in [2.75, 3.05) is 6.54 Å². The van der Waals surface area contributed by atoms with Gasteiger partial charge in [-0.2, -0.15) is 10.2 Å². The van der Waals surface area contributed by atoms with E-state index in [9.17, 15) is 4.79 Å². The minimum atomic E-state index is -0.167. The summed E-state index contributed by atoms with van der Waals surface area (Å²) in [5.74, 6) is 0. The zero-order chi connectivity index (χ0) is 20.1. The molecule has 0 saturated heterocycles. The highest BCUT2D eigenvalue weighted by Crippen LogP contribution is 2.31. The van der Waals surface area contributed by atoms with E-state index in [-0.39, 0.29) is 12.1 Å². The lowest BCUT2D eigenvalue weighted by atomic mass is 10.2. The molecule has 0 spiro atoms. The first-order chi connectivity index (χ1) is 14.0. The van der Waals surface area contributed by atoms with Crippen LogP contribution in [0.2, 0.25) is 5.15 Å². The Morgan fingerprint density at radius 3 is 2.93 bits per heavy atom. The molecule has 0 aromatic carbocycles. The molecular formula is C19H18ClN7OS. The zero-order valence-corrected chi connectivity index (χ0v) is 17.5. The van der Waals surface area contributed by atoms with Crippen LogP contribution in [0.25, 0.3) is 21.3 Å². The second-order valence-corrected chi connectivity index (χ2v) is 8.55. The van der Waals surface area contributed by atoms with E-state index < -0.39 is 0 Å². The molecule has 8 nitrogen and oxygen atoms in total. The number of rotatable bonds is 4. The molecular weight excluding hydrogens is 410 g/mol. The molecule has 29 heavy (non-hydrogen) atoms. The summed E-state index contributed by atoms with van der Waals surface area (Å²) in [7, 11) is 1.87. The summed E-state index contributed by atoms with van der Waals surface area (Å²) in [6.45, 7) is 3.04. The lowest BCUT2D eigenvalue weighted by molar-refractivity contribution is 0.632. The van der Waals surface area contributed by atoms with Crippen LogP contribution in [0.3, 0.4) is 0 Å². The molecule has 0 saturated carbocycles. The maximum Gasteiger partial charge on any atom is 0.291 e. The number of nitrogens with zero attached hydrogens (tertiary/aromatic N) is 6. The van der Waals surface area contributed by atoms with E-state index in [1.54, 1.807) is 17.5 Å². The topological polar surface area (TPSA) is 90.0 Å². The minimum absolute atomic E-state index is 0.167. The van der Waals surface area contributed by atoms with E-state index >= 15 is 0 Å². The lowest BCUT2D eigenvalue weighted by Crippen LogP contribution is -2.25. The van der Waals surface area contributed by atoms with E-state index in [0.29, 0.717) is 16.4 Å². The van der Waals surface area contributed by atoms with Crippen LogP contribution in [0, 0.1) is 6.92 Å². The van der Waals surface area contributed by atoms with E-state index in [4.69, 9.17) is 16.6 Å². The van der Waals surface area contributed by atoms with Crippen LogP contribution in [0.5, 0.6) is 0 Å². The van der Waals surface area contributed by atoms with Gasteiger partial charge in [0.05, 0.1) is 23.1 Å². The van der Waals surface area contributed by atoms with E-state index in [2.05, 4.69) is 20.6 Å². The van der Waals surface area contributed by atoms with Crippen LogP contribution >= 0.6 is 22.9 Å². The molecule has 1 aliphatic rings. The molecule has 5 heterocycles. The number of thiazole rings is 1. The van der Waals surface area contributed by atoms with Crippen LogP contribution in [0.1, 0.15) is 22.7 Å². The van der Waals surface area contributed by atoms with Gasteiger partial charge < -0.3 is 9.99 Å². The molecule has 5 rings (SSSR count). The van der Waals surface area contributed by atoms with Crippen LogP contribution in [0.15, 0.2) is 28.2 Å². The fourth-order valence-electron chi connectivity index (χ4n) is 3.53. The van der Waals surface area contributed by atoms with Gasteiger partial charge in [-0.25, -0.2) is 14.6 Å². The Balaban J connectivity index is 1.55. The molecule has 0 fully saturated rings. The number of nitrogens with one attached hydrogen (secondary N) is 1. The summed E-state index contributed by atoms with van der Waals surface area (Å²) in [5.41, 5.74) is 6.93. The van der Waals surface area contributed by atoms with Crippen molar-refractivity contribution in [3.05, 3.63) is 50.1 Å². The predicted octanol–water partition coefficient (Wildman–Crippen LogP) is 2.64. The maximum atomic E-state index is 13.1. The van der Waals surface area contributed by atoms with Crippen LogP contribution in [0.4, 0.5) is 0 Å². The average Bonchev–Trinajstić information content (AvgIpc) is 3.40. The molecule has 0 amide bonds. The Morgan fingerprint density at radius 1 is 1.31 bits per heavy atom. The van der Waals surface area contributed by atoms with Gasteiger partial charge in [-0.05, 0) is 18.6 Å². The summed E-state index contributed by atoms with van der Waals surface area (Å²) in [6.07, 6.45) is 3.42. The molecule has 0 atom stereocenters. The fourth-order valence-corrected chi connectivity index (χ4v) is 4.84. The fraction of sp³-hybridized carbons (Fsp3) is 0.316. The number of aromatic nitrogens is 5. The van der Waals surface area contributed by atoms with Crippen molar-refractivity contribution in [2.45, 2.75) is 26.3 Å². The lowest BCUT2D eigenvalue weighted by Gasteiger charge is -2.06. The van der Waals surface area contributed by atoms with Gasteiger partial charge in [-0.3, -0.25) is 4.79 Å². The molecule has 0 radical (unpaired) electrons. The molecule has 1 aliphatic heterocycles. The van der Waals surface area contributed by atoms with Crippen LogP contribution in [-0.2, 0) is 20.0 Å². The third kappa shape index (κ3) is 3.10. The maximum absolute atomic E-state index is 13.1. The van der Waals surface area contributed by atoms with Crippen LogP contribution < -0.4 is 11.0 Å². The van der Waals surface area contributed by atoms with Crippen molar-refractivity contribution in [2.24, 2.45) is 12.1 Å². The highest BCUT2D eigenvalue weighted by atomic mass is 35.5. The number of hydrogen-bond donors (Lipinski definition) is 1. The monoisotopic (exact) mass is 427 g/mol. The first kappa shape index (κ1) is 18.3. The van der Waals surface area contributed by atoms with E-state index in [1.165, 1.54) is 4.68 Å². The van der Waals surface area contributed by atoms with Gasteiger partial charge in [-0.15, -0.1) is 11.3 Å². The molecule has 0 aliphatic carbocycles. The highest BCUT2D eigenvalue weighted by molar-refractivity contribution is 7.19. The van der Waals surface area contributed by atoms with Crippen molar-refractivity contribution in [3.8, 4) is 0 Å². The summed E-state index contributed by atoms with van der Waals surface area (Å²) in [4.78, 5) is 22.2. The summed E-state index contributed by atoms with van der Waals surface area (Å²) in [6, 6.07) is 3.75. The minimum Gasteiger partial charge on any atom is -0.323 e. The molecule has 148 valence electrons. The molecule has 4 aromatic heterocycles. The number of hydrazone groups is 1. The molecule has 10 heteroatoms. The van der Waals surface area contributed by atoms with E-state index in [1.807, 2.05) is 30.7 Å². The Kier molecular flexibility index (Phi) is 4.36. The quantitative estimate of drug-likeness (QED) is 0.505. The third-order valence-electron chi connectivity index (χ3n) is 5.09. The van der Waals surface area contributed by atoms with Gasteiger partial charge in [0.1, 0.15) is 15.7 Å². The molecule has 4 aromatic rings. The first-order valence-corrected chi connectivity index (χ1v) is 10.4. The number of hydrogen-bond acceptors (Lipinski definition) is 7. The van der Waals surface area contributed by atoms with Gasteiger partial charge in [-0.1, -0.05) is 17.7 Å². The third-order valence-corrected chi connectivity index (χ3v) is 6.55. The standard InChI is InChI=1S/C19H18ClN7OS/c1-10-3-4-12(23-17(10)20)9-27-19(28)15-13(8-22-27)16-18(26(15)2)24-14(29-16)7-11-5-6-21-25-11/h3-4,8,21H,5-7,9H2,1-2H3. The number of aryl methyl sites for hydroxylation is 2. The summed E-state index contributed by atoms with van der Waals surface area (Å²) in [5, 5.41) is 10.9. The Labute approximate surface area is 174 Å². The van der Waals surface area contributed by atoms with Crippen molar-refractivity contribution in [1.29, 1.82) is 0 Å². The van der Waals surface area contributed by atoms with Gasteiger partial charge in [0.25, 0.3) is 5.56 Å². The van der Waals surface area contributed by atoms with Gasteiger partial charge in [0.15, 0.2) is 5.65 Å². The number of fused-ring (bicyclic) bond motifs is 3. The normalized spacial score (nSPS) is 14.0. The van der Waals surface area contributed by atoms with Crippen molar-refractivity contribution in [3.63, 3.8) is 0 Å². The average molecular weight is 428 g/mol. The Bertz CT molecular complexity index is 1350. The zero-order valence-electron chi connectivity index (χ0n) is 15.9. The predicted molar refractivity (Wildman–Crippen MR) is 115 cm³/mol. The summed E-state index contributed by atoms with van der Waals surface area (Å²) >= 11 is 7.71. The van der Waals surface area contributed by atoms with Gasteiger partial charge in [0.2, 0.25) is 0 Å². The SMILES string of the molecule is Cc1ccc(Cn2ncc3c4sc(CC5=NNCC5)nc4n(C)c3c2=O)nc1Cl. The largest absolute Gasteiger partial charge is 0.323 e. The molecule has 0 unspecified atom stereocenters. The highest BCUT2D eigenvalue weighted by Gasteiger charge is 2.19. The van der Waals surface area contributed by atoms with Gasteiger partial charge >= 0.3 is 0 Å². The molecule has 0 bridgehead atoms. The number of pyridine rings is 1. The molecule has 1 N–H and O–H groups in total. The Hall–Kier alpha value is -2.78. The summed E-state index contributed by atoms with van der Waals surface area (Å²) < 4.78 is 4.26. The second-order valence-electron chi connectivity index (χ2n) is 7.11. The number of halogens is 1. The van der Waals surface area contributed by atoms with Crippen LogP contribution in [-0.4, -0.2) is 36.6 Å². The van der Waals surface area contributed by atoms with Crippen molar-refractivity contribution >= 4 is 49.9 Å². The Morgan fingerprint density at radius 2 is 2.17 bits per heavy atom. The second kappa shape index (κ2) is 6.93. The van der Waals surface area contributed by atoms with E-state index in [0.717, 1.165) is 51.4 Å². The smallest absolute Gasteiger partial charge is 0.291 e. The van der Waals surface area contributed by atoms with Gasteiger partial charge in [0, 0.05) is 37.5 Å². The first-order valence-electron chi connectivity index (χ1n) is 9.25. The van der Waals surface area contributed by atoms with Crippen molar-refractivity contribution in [1.82, 2.24) is 29.7 Å².